The Morgan fingerprint density at radius 3 is 2.74 bits per heavy atom. The Morgan fingerprint density at radius 2 is 1.96 bits per heavy atom. The molecular weight excluding hydrogens is 395 g/mol. The van der Waals surface area contributed by atoms with Crippen LogP contribution in [0.5, 0.6) is 0 Å². The molecular formula is C16H22Cl2N6O3. The third-order valence-electron chi connectivity index (χ3n) is 4.61. The molecule has 148 valence electrons. The second kappa shape index (κ2) is 8.73. The van der Waals surface area contributed by atoms with Crippen molar-refractivity contribution in [1.29, 1.82) is 0 Å². The number of rotatable bonds is 2. The molecule has 0 saturated carbocycles. The molecule has 27 heavy (non-hydrogen) atoms. The van der Waals surface area contributed by atoms with Gasteiger partial charge in [0.25, 0.3) is 5.91 Å². The number of hydrogen-bond acceptors (Lipinski definition) is 6. The van der Waals surface area contributed by atoms with E-state index < -0.39 is 5.97 Å². The zero-order valence-corrected chi connectivity index (χ0v) is 16.5. The normalized spacial score (nSPS) is 15.5. The smallest absolute Gasteiger partial charge is 0.358 e. The predicted molar refractivity (Wildman–Crippen MR) is 102 cm³/mol. The van der Waals surface area contributed by atoms with Crippen molar-refractivity contribution in [3.05, 3.63) is 35.2 Å². The van der Waals surface area contributed by atoms with E-state index >= 15 is 0 Å². The molecule has 2 aliphatic rings. The fourth-order valence-corrected chi connectivity index (χ4v) is 3.28. The average molecular weight is 417 g/mol. The van der Waals surface area contributed by atoms with Gasteiger partial charge in [-0.1, -0.05) is 0 Å². The number of halogens is 2. The number of nitrogens with one attached hydrogen (secondary N) is 1. The molecule has 2 aliphatic heterocycles. The average Bonchev–Trinajstić information content (AvgIpc) is 3.18. The van der Waals surface area contributed by atoms with Crippen molar-refractivity contribution in [2.24, 2.45) is 0 Å². The number of carbonyl (C=O) groups is 2. The Morgan fingerprint density at radius 1 is 1.15 bits per heavy atom. The highest BCUT2D eigenvalue weighted by molar-refractivity contribution is 5.92. The van der Waals surface area contributed by atoms with Gasteiger partial charge in [-0.3, -0.25) is 9.48 Å². The lowest BCUT2D eigenvalue weighted by Gasteiger charge is -2.27. The summed E-state index contributed by atoms with van der Waals surface area (Å²) in [4.78, 5) is 30.7. The van der Waals surface area contributed by atoms with Crippen LogP contribution in [0.4, 0.5) is 0 Å². The summed E-state index contributed by atoms with van der Waals surface area (Å²) in [6, 6.07) is 1.68. The number of hydrogen-bond donors (Lipinski definition) is 1. The number of imidazole rings is 1. The lowest BCUT2D eigenvalue weighted by molar-refractivity contribution is 0.0591. The minimum Gasteiger partial charge on any atom is -0.464 e. The molecule has 2 aromatic rings. The van der Waals surface area contributed by atoms with Crippen molar-refractivity contribution in [3.63, 3.8) is 0 Å². The van der Waals surface area contributed by atoms with Gasteiger partial charge in [0.05, 0.1) is 25.9 Å². The van der Waals surface area contributed by atoms with Crippen molar-refractivity contribution in [2.45, 2.75) is 26.1 Å². The number of fused-ring (bicyclic) bond motifs is 2. The van der Waals surface area contributed by atoms with Gasteiger partial charge in [-0.25, -0.2) is 9.78 Å². The maximum Gasteiger partial charge on any atom is 0.358 e. The highest BCUT2D eigenvalue weighted by Gasteiger charge is 2.27. The topological polar surface area (TPSA) is 94.3 Å². The Balaban J connectivity index is 0.00000131. The van der Waals surface area contributed by atoms with Crippen LogP contribution < -0.4 is 5.32 Å². The van der Waals surface area contributed by atoms with E-state index in [1.807, 2.05) is 6.20 Å². The molecule has 0 radical (unpaired) electrons. The van der Waals surface area contributed by atoms with Gasteiger partial charge in [0.1, 0.15) is 11.5 Å². The first kappa shape index (κ1) is 21.2. The summed E-state index contributed by atoms with van der Waals surface area (Å²) in [7, 11) is 1.33. The number of ether oxygens (including phenoxy) is 1. The van der Waals surface area contributed by atoms with E-state index in [4.69, 9.17) is 4.74 Å². The van der Waals surface area contributed by atoms with Crippen LogP contribution in [-0.2, 0) is 30.8 Å². The first-order valence-corrected chi connectivity index (χ1v) is 8.37. The second-order valence-electron chi connectivity index (χ2n) is 6.20. The van der Waals surface area contributed by atoms with Crippen LogP contribution in [0.1, 0.15) is 32.5 Å². The molecule has 0 unspecified atom stereocenters. The van der Waals surface area contributed by atoms with E-state index in [-0.39, 0.29) is 36.4 Å². The third-order valence-corrected chi connectivity index (χ3v) is 4.61. The lowest BCUT2D eigenvalue weighted by atomic mass is 10.2. The van der Waals surface area contributed by atoms with Gasteiger partial charge in [0, 0.05) is 38.8 Å². The highest BCUT2D eigenvalue weighted by atomic mass is 35.5. The van der Waals surface area contributed by atoms with Crippen LogP contribution in [-0.4, -0.2) is 62.9 Å². The molecule has 2 aromatic heterocycles. The van der Waals surface area contributed by atoms with Crippen LogP contribution in [0.3, 0.4) is 0 Å². The van der Waals surface area contributed by atoms with Crippen LogP contribution in [0.15, 0.2) is 12.3 Å². The van der Waals surface area contributed by atoms with Crippen LogP contribution in [0, 0.1) is 0 Å². The SMILES string of the molecule is COC(=O)c1cc2n(n1)CCN(C(=O)c1cn3c(n1)CCNCC3)C2.Cl.Cl. The zero-order chi connectivity index (χ0) is 17.4. The maximum absolute atomic E-state index is 12.8. The number of nitrogens with zero attached hydrogens (tertiary/aromatic N) is 5. The second-order valence-corrected chi connectivity index (χ2v) is 6.20. The first-order chi connectivity index (χ1) is 12.2. The Kier molecular flexibility index (Phi) is 6.85. The molecule has 0 bridgehead atoms. The fourth-order valence-electron chi connectivity index (χ4n) is 3.28. The standard InChI is InChI=1S/C16H20N6O3.2ClH/c1-25-16(24)12-8-11-9-21(6-7-22(11)19-12)15(23)13-10-20-5-4-17-3-2-14(20)18-13;;/h8,10,17H,2-7,9H2,1H3;2*1H. The quantitative estimate of drug-likeness (QED) is 0.716. The van der Waals surface area contributed by atoms with Crippen LogP contribution in [0.25, 0.3) is 0 Å². The molecule has 0 aliphatic carbocycles. The van der Waals surface area contributed by atoms with E-state index in [2.05, 4.69) is 20.0 Å². The minimum atomic E-state index is -0.466. The number of esters is 1. The van der Waals surface area contributed by atoms with E-state index in [1.54, 1.807) is 15.6 Å². The van der Waals surface area contributed by atoms with Crippen molar-refractivity contribution in [1.82, 2.24) is 29.5 Å². The molecule has 1 amide bonds. The first-order valence-electron chi connectivity index (χ1n) is 8.37. The zero-order valence-electron chi connectivity index (χ0n) is 14.9. The molecule has 11 heteroatoms. The summed E-state index contributed by atoms with van der Waals surface area (Å²) < 4.78 is 8.51. The van der Waals surface area contributed by atoms with Gasteiger partial charge >= 0.3 is 5.97 Å². The van der Waals surface area contributed by atoms with E-state index in [1.165, 1.54) is 7.11 Å². The molecule has 4 rings (SSSR count). The monoisotopic (exact) mass is 416 g/mol. The van der Waals surface area contributed by atoms with E-state index in [9.17, 15) is 9.59 Å². The molecule has 1 N–H and O–H groups in total. The van der Waals surface area contributed by atoms with Gasteiger partial charge in [0.2, 0.25) is 0 Å². The minimum absolute atomic E-state index is 0. The van der Waals surface area contributed by atoms with Gasteiger partial charge in [0.15, 0.2) is 5.69 Å². The Bertz CT molecular complexity index is 811. The van der Waals surface area contributed by atoms with Crippen molar-refractivity contribution in [3.8, 4) is 0 Å². The van der Waals surface area contributed by atoms with E-state index in [0.29, 0.717) is 25.3 Å². The van der Waals surface area contributed by atoms with Crippen LogP contribution in [0.2, 0.25) is 0 Å². The van der Waals surface area contributed by atoms with Crippen molar-refractivity contribution < 1.29 is 14.3 Å². The van der Waals surface area contributed by atoms with Gasteiger partial charge in [-0.15, -0.1) is 24.8 Å². The third kappa shape index (κ3) is 4.10. The Labute approximate surface area is 168 Å². The van der Waals surface area contributed by atoms with Crippen molar-refractivity contribution >= 4 is 36.7 Å². The fraction of sp³-hybridized carbons (Fsp3) is 0.500. The number of methoxy groups -OCH3 is 1. The largest absolute Gasteiger partial charge is 0.464 e. The number of aromatic nitrogens is 4. The van der Waals surface area contributed by atoms with Crippen molar-refractivity contribution in [2.75, 3.05) is 26.7 Å². The van der Waals surface area contributed by atoms with Crippen LogP contribution >= 0.6 is 24.8 Å². The van der Waals surface area contributed by atoms with Gasteiger partial charge < -0.3 is 19.5 Å². The molecule has 0 fully saturated rings. The van der Waals surface area contributed by atoms with E-state index in [0.717, 1.165) is 37.6 Å². The summed E-state index contributed by atoms with van der Waals surface area (Å²) >= 11 is 0. The molecule has 0 spiro atoms. The molecule has 4 heterocycles. The van der Waals surface area contributed by atoms with Gasteiger partial charge in [-0.2, -0.15) is 5.10 Å². The molecule has 0 aromatic carbocycles. The number of carbonyl (C=O) groups excluding carboxylic acids is 2. The predicted octanol–water partition coefficient (Wildman–Crippen LogP) is 0.511. The number of amides is 1. The highest BCUT2D eigenvalue weighted by Crippen LogP contribution is 2.17. The summed E-state index contributed by atoms with van der Waals surface area (Å²) in [5, 5.41) is 7.54. The summed E-state index contributed by atoms with van der Waals surface area (Å²) in [5.41, 5.74) is 1.58. The summed E-state index contributed by atoms with van der Waals surface area (Å²) in [6.07, 6.45) is 2.67. The lowest BCUT2D eigenvalue weighted by Crippen LogP contribution is -2.38. The molecule has 0 atom stereocenters. The maximum atomic E-state index is 12.8. The molecule has 0 saturated heterocycles. The summed E-state index contributed by atoms with van der Waals surface area (Å²) in [6.45, 7) is 4.09. The van der Waals surface area contributed by atoms with Gasteiger partial charge in [-0.05, 0) is 6.07 Å². The molecule has 9 nitrogen and oxygen atoms in total. The summed E-state index contributed by atoms with van der Waals surface area (Å²) in [5.74, 6) is 0.398. The Hall–Kier alpha value is -2.10.